The Hall–Kier alpha value is -1.18. The summed E-state index contributed by atoms with van der Waals surface area (Å²) in [6.45, 7) is 6.12. The maximum absolute atomic E-state index is 15.6. The van der Waals surface area contributed by atoms with Crippen molar-refractivity contribution in [2.45, 2.75) is 107 Å². The van der Waals surface area contributed by atoms with Gasteiger partial charge in [0, 0.05) is 0 Å². The van der Waals surface area contributed by atoms with Gasteiger partial charge in [-0.1, -0.05) is 41.5 Å². The van der Waals surface area contributed by atoms with Crippen LogP contribution in [0.2, 0.25) is 0 Å². The van der Waals surface area contributed by atoms with Gasteiger partial charge in [0.15, 0.2) is 0 Å². The Kier molecular flexibility index (Phi) is 12.2. The monoisotopic (exact) mass is 771 g/mol. The molecule has 0 rings (SSSR count). The molecular weight excluding hydrogens is 744 g/mol. The molecule has 0 saturated carbocycles. The van der Waals surface area contributed by atoms with Crippen LogP contribution in [-0.2, 0) is 0 Å². The summed E-state index contributed by atoms with van der Waals surface area (Å²) >= 11 is 0. The zero-order chi connectivity index (χ0) is 38.9. The molecule has 0 radical (unpaired) electrons. The number of halogens is 23. The fourth-order valence-corrected chi connectivity index (χ4v) is 10.8. The zero-order valence-corrected chi connectivity index (χ0v) is 25.4. The van der Waals surface area contributed by atoms with E-state index in [1.807, 2.05) is 0 Å². The van der Waals surface area contributed by atoms with Crippen LogP contribution in [0, 0.1) is 17.8 Å². The molecule has 24 heteroatoms. The molecule has 0 aromatic carbocycles. The van der Waals surface area contributed by atoms with Gasteiger partial charge in [-0.05, 0) is 17.8 Å². The zero-order valence-electron chi connectivity index (χ0n) is 24.5. The van der Waals surface area contributed by atoms with Crippen molar-refractivity contribution in [2.75, 3.05) is 18.5 Å². The average molecular weight is 771 g/mol. The van der Waals surface area contributed by atoms with Crippen LogP contribution in [-0.4, -0.2) is 83.6 Å². The van der Waals surface area contributed by atoms with Crippen molar-refractivity contribution >= 4 is 7.26 Å². The Labute approximate surface area is 252 Å². The lowest BCUT2D eigenvalue weighted by atomic mass is 9.86. The molecule has 284 valence electrons. The minimum Gasteiger partial charge on any atom is -0.192 e. The highest BCUT2D eigenvalue weighted by Gasteiger charge is 3.00. The summed E-state index contributed by atoms with van der Waals surface area (Å²) in [6, 6.07) is 0. The molecule has 0 saturated heterocycles. The Morgan fingerprint density at radius 2 is 0.468 bits per heavy atom. The van der Waals surface area contributed by atoms with Gasteiger partial charge in [0.2, 0.25) is 0 Å². The summed E-state index contributed by atoms with van der Waals surface area (Å²) in [6.07, 6.45) is -11.7. The summed E-state index contributed by atoms with van der Waals surface area (Å²) in [5, 5.41) is 0. The number of rotatable bonds is 16. The van der Waals surface area contributed by atoms with Gasteiger partial charge in [-0.15, -0.1) is 0 Å². The van der Waals surface area contributed by atoms with Crippen molar-refractivity contribution in [3.05, 3.63) is 0 Å². The van der Waals surface area contributed by atoms with Gasteiger partial charge in [0.25, 0.3) is 0 Å². The molecule has 0 aliphatic rings. The van der Waals surface area contributed by atoms with Crippen molar-refractivity contribution in [1.82, 2.24) is 0 Å². The molecule has 0 aliphatic heterocycles. The smallest absolute Gasteiger partial charge is 0.192 e. The Morgan fingerprint density at radius 3 is 0.638 bits per heavy atom. The molecule has 0 heterocycles. The van der Waals surface area contributed by atoms with E-state index in [0.29, 0.717) is 0 Å². The predicted molar refractivity (Wildman–Crippen MR) is 122 cm³/mol. The van der Waals surface area contributed by atoms with E-state index in [0.717, 1.165) is 41.5 Å². The summed E-state index contributed by atoms with van der Waals surface area (Å²) in [5.74, 6) is -84.1. The first-order valence-corrected chi connectivity index (χ1v) is 15.1. The van der Waals surface area contributed by atoms with Crippen molar-refractivity contribution in [2.24, 2.45) is 17.8 Å². The van der Waals surface area contributed by atoms with Crippen LogP contribution in [0.4, 0.5) is 101 Å². The van der Waals surface area contributed by atoms with Crippen molar-refractivity contribution in [1.29, 1.82) is 0 Å². The Bertz CT molecular complexity index is 1040. The minimum atomic E-state index is -9.38. The highest BCUT2D eigenvalue weighted by atomic mass is 31.2. The van der Waals surface area contributed by atoms with Gasteiger partial charge in [-0.2, -0.15) is 101 Å². The fraction of sp³-hybridized carbons (Fsp3) is 1.00. The van der Waals surface area contributed by atoms with Crippen LogP contribution in [0.15, 0.2) is 0 Å². The summed E-state index contributed by atoms with van der Waals surface area (Å²) in [7, 11) is -5.25. The molecule has 0 aliphatic carbocycles. The van der Waals surface area contributed by atoms with Crippen molar-refractivity contribution in [3.63, 3.8) is 0 Å². The Balaban J connectivity index is 7.68. The largest absolute Gasteiger partial charge is 0.460 e. The third-order valence-electron chi connectivity index (χ3n) is 6.63. The van der Waals surface area contributed by atoms with Gasteiger partial charge >= 0.3 is 65.1 Å². The maximum atomic E-state index is 15.6. The van der Waals surface area contributed by atoms with Crippen LogP contribution in [0.5, 0.6) is 0 Å². The normalized spacial score (nSPS) is 16.6. The predicted octanol–water partition coefficient (Wildman–Crippen LogP) is 11.8. The fourth-order valence-electron chi connectivity index (χ4n) is 4.71. The second-order valence-corrected chi connectivity index (χ2v) is 16.0. The molecule has 0 aromatic rings. The molecule has 0 bridgehead atoms. The maximum Gasteiger partial charge on any atom is 0.460 e. The van der Waals surface area contributed by atoms with Gasteiger partial charge in [-0.3, -0.25) is 0 Å². The number of hydrogen-bond acceptors (Lipinski definition) is 0. The lowest BCUT2D eigenvalue weighted by Gasteiger charge is -2.46. The van der Waals surface area contributed by atoms with Gasteiger partial charge in [0.1, 0.15) is 0 Å². The van der Waals surface area contributed by atoms with Gasteiger partial charge < -0.3 is 0 Å². The van der Waals surface area contributed by atoms with E-state index in [4.69, 9.17) is 0 Å². The van der Waals surface area contributed by atoms with E-state index in [1.165, 1.54) is 0 Å². The summed E-state index contributed by atoms with van der Waals surface area (Å²) in [4.78, 5) is 0. The SMILES string of the molecule is CC(C)C[P+](CC(C)C)(CC(C)C)C(F)(F)C(F)(F)C(F)(F)C(F)(F)C(F)(F)C(F)(F)C(F)(F)C(F)(F)C(F)(F)C(F)(F)C(F)(F)F. The quantitative estimate of drug-likeness (QED) is 0.108. The highest BCUT2D eigenvalue weighted by Crippen LogP contribution is 2.79. The van der Waals surface area contributed by atoms with E-state index in [1.54, 1.807) is 0 Å². The average Bonchev–Trinajstić information content (AvgIpc) is 2.80. The molecule has 0 spiro atoms. The van der Waals surface area contributed by atoms with Crippen LogP contribution < -0.4 is 0 Å². The molecule has 0 nitrogen and oxygen atoms in total. The third kappa shape index (κ3) is 6.46. The Morgan fingerprint density at radius 1 is 0.298 bits per heavy atom. The van der Waals surface area contributed by atoms with Crippen molar-refractivity contribution in [3.8, 4) is 0 Å². The molecule has 0 unspecified atom stereocenters. The molecule has 0 amide bonds. The summed E-state index contributed by atoms with van der Waals surface area (Å²) < 4.78 is 321. The van der Waals surface area contributed by atoms with E-state index in [9.17, 15) is 83.4 Å². The van der Waals surface area contributed by atoms with Gasteiger partial charge in [-0.25, -0.2) is 0 Å². The lowest BCUT2D eigenvalue weighted by molar-refractivity contribution is -0.476. The first-order chi connectivity index (χ1) is 20.0. The first-order valence-electron chi connectivity index (χ1n) is 12.7. The van der Waals surface area contributed by atoms with Crippen molar-refractivity contribution < 1.29 is 101 Å². The molecule has 0 N–H and O–H groups in total. The van der Waals surface area contributed by atoms with E-state index in [2.05, 4.69) is 0 Å². The summed E-state index contributed by atoms with van der Waals surface area (Å²) in [5.41, 5.74) is -6.59. The molecule has 0 aromatic heterocycles. The second kappa shape index (κ2) is 12.5. The van der Waals surface area contributed by atoms with E-state index >= 15 is 17.6 Å². The first kappa shape index (κ1) is 45.8. The van der Waals surface area contributed by atoms with E-state index < -0.39 is 109 Å². The van der Waals surface area contributed by atoms with Crippen LogP contribution in [0.25, 0.3) is 0 Å². The van der Waals surface area contributed by atoms with Crippen LogP contribution in [0.3, 0.4) is 0 Å². The molecule has 0 fully saturated rings. The second-order valence-electron chi connectivity index (χ2n) is 12.1. The van der Waals surface area contributed by atoms with Gasteiger partial charge in [0.05, 0.1) is 25.7 Å². The van der Waals surface area contributed by atoms with Crippen LogP contribution >= 0.6 is 7.26 Å². The highest BCUT2D eigenvalue weighted by molar-refractivity contribution is 7.77. The number of hydrogen-bond donors (Lipinski definition) is 0. The topological polar surface area (TPSA) is 0 Å². The van der Waals surface area contributed by atoms with Crippen LogP contribution in [0.1, 0.15) is 41.5 Å². The molecular formula is C23H27F23P+. The lowest BCUT2D eigenvalue weighted by Crippen LogP contribution is -2.77. The molecule has 0 atom stereocenters. The number of alkyl halides is 23. The minimum absolute atomic E-state index is 1.02. The third-order valence-corrected chi connectivity index (χ3v) is 12.4. The standard InChI is InChI=1S/C23H27F23P/c1-10(2)7-47(8-11(3)4,9-12(5)6)23(45,46)21(40,41)19(36,37)17(32,33)15(28,29)13(24,25)14(26,27)16(30,31)18(34,35)20(38,39)22(42,43)44/h10-12H,7-9H2,1-6H3/q+1. The molecule has 47 heavy (non-hydrogen) atoms. The van der Waals surface area contributed by atoms with E-state index in [-0.39, 0.29) is 0 Å².